The lowest BCUT2D eigenvalue weighted by Crippen LogP contribution is -2.51. The molecule has 0 unspecified atom stereocenters. The molecule has 2 aliphatic heterocycles. The number of carbonyl (C=O) groups is 4. The fourth-order valence-electron chi connectivity index (χ4n) is 6.58. The van der Waals surface area contributed by atoms with Gasteiger partial charge in [0.2, 0.25) is 11.8 Å². The van der Waals surface area contributed by atoms with Crippen LogP contribution in [0.5, 0.6) is 0 Å². The number of rotatable bonds is 11. The number of carboxylic acid groups (broad SMARTS) is 1. The normalized spacial score (nSPS) is 18.7. The minimum absolute atomic E-state index is 0.123. The number of nitrogens with zero attached hydrogens (tertiary/aromatic N) is 6. The number of imidazole rings is 2. The van der Waals surface area contributed by atoms with E-state index in [1.165, 1.54) is 29.8 Å². The molecule has 2 fully saturated rings. The zero-order valence-corrected chi connectivity index (χ0v) is 30.6. The van der Waals surface area contributed by atoms with Crippen LogP contribution in [-0.4, -0.2) is 101 Å². The molecule has 272 valence electrons. The predicted octanol–water partition coefficient (Wildman–Crippen LogP) is 5.05. The lowest BCUT2D eigenvalue weighted by molar-refractivity contribution is -0.136. The lowest BCUT2D eigenvalue weighted by atomic mass is 10.0. The minimum Gasteiger partial charge on any atom is -0.465 e. The van der Waals surface area contributed by atoms with Crippen LogP contribution in [0.25, 0.3) is 31.2 Å². The van der Waals surface area contributed by atoms with Gasteiger partial charge < -0.3 is 40.2 Å². The van der Waals surface area contributed by atoms with Crippen molar-refractivity contribution in [3.05, 3.63) is 36.4 Å². The van der Waals surface area contributed by atoms with Crippen LogP contribution in [-0.2, 0) is 14.3 Å². The number of methoxy groups -OCH3 is 1. The fourth-order valence-corrected chi connectivity index (χ4v) is 8.39. The van der Waals surface area contributed by atoms with E-state index in [1.807, 2.05) is 27.7 Å². The highest BCUT2D eigenvalue weighted by Gasteiger charge is 2.39. The van der Waals surface area contributed by atoms with Gasteiger partial charge in [-0.3, -0.25) is 9.59 Å². The smallest absolute Gasteiger partial charge is 0.407 e. The number of likely N-dealkylation sites (tertiary alicyclic amines) is 2. The van der Waals surface area contributed by atoms with Gasteiger partial charge in [-0.2, -0.15) is 0 Å². The summed E-state index contributed by atoms with van der Waals surface area (Å²) in [5.74, 6) is 0.564. The Balaban J connectivity index is 1.13. The number of hydrogen-bond acceptors (Lipinski definition) is 11. The summed E-state index contributed by atoms with van der Waals surface area (Å²) >= 11 is 2.96. The zero-order valence-electron chi connectivity index (χ0n) is 29.0. The minimum atomic E-state index is -1.23. The molecule has 0 spiro atoms. The average Bonchev–Trinajstić information content (AvgIpc) is 3.93. The monoisotopic (exact) mass is 738 g/mol. The van der Waals surface area contributed by atoms with E-state index in [0.29, 0.717) is 41.1 Å². The van der Waals surface area contributed by atoms with E-state index in [2.05, 4.69) is 30.6 Å². The van der Waals surface area contributed by atoms with Crippen LogP contribution < -0.4 is 10.6 Å². The Labute approximate surface area is 302 Å². The van der Waals surface area contributed by atoms with Crippen LogP contribution >= 0.6 is 22.7 Å². The SMILES string of the molecule is COC(=O)N[C@@H](C(=O)N1CCC[C@H]1c1nc(-c2ncc(-c3cnc(-c4c[nH]c([C@@H]5CCCN5C(=O)[C@H](NC(=O)O)C(C)C)n4)s3)s2)c[nH]1)C(C)C. The van der Waals surface area contributed by atoms with Crippen molar-refractivity contribution in [2.24, 2.45) is 11.8 Å². The molecule has 4 aromatic rings. The highest BCUT2D eigenvalue weighted by atomic mass is 32.1. The van der Waals surface area contributed by atoms with Crippen LogP contribution in [0.4, 0.5) is 9.59 Å². The van der Waals surface area contributed by atoms with Crippen LogP contribution in [0, 0.1) is 11.8 Å². The average molecular weight is 739 g/mol. The number of aromatic nitrogens is 6. The molecule has 0 saturated carbocycles. The van der Waals surface area contributed by atoms with E-state index in [-0.39, 0.29) is 35.7 Å². The van der Waals surface area contributed by atoms with Crippen LogP contribution in [0.2, 0.25) is 0 Å². The first kappa shape index (κ1) is 36.0. The Morgan fingerprint density at radius 3 is 1.67 bits per heavy atom. The molecule has 0 aromatic carbocycles. The van der Waals surface area contributed by atoms with Crippen molar-refractivity contribution >= 4 is 46.7 Å². The number of amides is 4. The second-order valence-electron chi connectivity index (χ2n) is 13.3. The Hall–Kier alpha value is -4.84. The van der Waals surface area contributed by atoms with Gasteiger partial charge in [-0.05, 0) is 37.5 Å². The highest BCUT2D eigenvalue weighted by molar-refractivity contribution is 7.24. The maximum Gasteiger partial charge on any atom is 0.407 e. The molecular weight excluding hydrogens is 697 g/mol. The van der Waals surface area contributed by atoms with Gasteiger partial charge in [0.15, 0.2) is 0 Å². The molecule has 6 heterocycles. The Bertz CT molecular complexity index is 1880. The number of aromatic amines is 2. The van der Waals surface area contributed by atoms with Gasteiger partial charge in [0.05, 0.1) is 28.9 Å². The Kier molecular flexibility index (Phi) is 10.7. The molecule has 5 N–H and O–H groups in total. The molecule has 6 rings (SSSR count). The van der Waals surface area contributed by atoms with E-state index in [9.17, 15) is 24.3 Å². The van der Waals surface area contributed by atoms with E-state index in [4.69, 9.17) is 14.7 Å². The van der Waals surface area contributed by atoms with E-state index < -0.39 is 24.3 Å². The van der Waals surface area contributed by atoms with Gasteiger partial charge in [-0.1, -0.05) is 27.7 Å². The van der Waals surface area contributed by atoms with Gasteiger partial charge in [0, 0.05) is 37.9 Å². The number of ether oxygens (including phenoxy) is 1. The fraction of sp³-hybridized carbons (Fsp3) is 0.515. The van der Waals surface area contributed by atoms with Crippen LogP contribution in [0.1, 0.15) is 77.1 Å². The molecule has 51 heavy (non-hydrogen) atoms. The van der Waals surface area contributed by atoms with Crippen LogP contribution in [0.3, 0.4) is 0 Å². The first-order valence-electron chi connectivity index (χ1n) is 16.9. The number of hydrogen-bond donors (Lipinski definition) is 5. The summed E-state index contributed by atoms with van der Waals surface area (Å²) in [6, 6.07) is -2.08. The standard InChI is InChI=1S/C33H42N10O6S2/c1-16(2)24(40-32(46)47)30(44)42-10-6-8-20(42)26-34-12-18(38-26)28-36-14-22(50-28)23-15-37-29(51-23)19-13-35-27(39-19)21-9-7-11-43(21)31(45)25(17(3)4)41-33(48)49-5/h12-17,20-21,24-25,40H,6-11H2,1-5H3,(H,34,38)(H,35,39)(H,41,48)(H,46,47)/t20-,21-,24+,25+/m0/s1. The molecule has 0 radical (unpaired) electrons. The quantitative estimate of drug-likeness (QED) is 0.138. The number of alkyl carbamates (subject to hydrolysis) is 1. The number of carbonyl (C=O) groups excluding carboxylic acids is 3. The van der Waals surface area contributed by atoms with Crippen molar-refractivity contribution in [2.75, 3.05) is 20.2 Å². The molecule has 2 aliphatic rings. The second-order valence-corrected chi connectivity index (χ2v) is 15.4. The molecule has 0 bridgehead atoms. The Morgan fingerprint density at radius 1 is 0.804 bits per heavy atom. The van der Waals surface area contributed by atoms with Gasteiger partial charge in [-0.15, -0.1) is 22.7 Å². The number of thiazole rings is 2. The summed E-state index contributed by atoms with van der Waals surface area (Å²) in [7, 11) is 1.28. The summed E-state index contributed by atoms with van der Waals surface area (Å²) in [4.78, 5) is 80.8. The van der Waals surface area contributed by atoms with E-state index in [1.54, 1.807) is 34.6 Å². The van der Waals surface area contributed by atoms with Crippen LogP contribution in [0.15, 0.2) is 24.8 Å². The van der Waals surface area contributed by atoms with Crippen molar-refractivity contribution in [1.82, 2.24) is 50.3 Å². The predicted molar refractivity (Wildman–Crippen MR) is 190 cm³/mol. The molecule has 4 amide bonds. The topological polar surface area (TPSA) is 211 Å². The second kappa shape index (κ2) is 15.2. The highest BCUT2D eigenvalue weighted by Crippen LogP contribution is 2.39. The van der Waals surface area contributed by atoms with Crippen molar-refractivity contribution in [1.29, 1.82) is 0 Å². The van der Waals surface area contributed by atoms with Crippen molar-refractivity contribution in [3.8, 4) is 31.2 Å². The summed E-state index contributed by atoms with van der Waals surface area (Å²) in [5.41, 5.74) is 1.33. The van der Waals surface area contributed by atoms with Gasteiger partial charge in [0.1, 0.15) is 45.1 Å². The van der Waals surface area contributed by atoms with Gasteiger partial charge in [-0.25, -0.2) is 29.5 Å². The van der Waals surface area contributed by atoms with Crippen molar-refractivity contribution < 1.29 is 29.0 Å². The molecular formula is C33H42N10O6S2. The Morgan fingerprint density at radius 2 is 1.25 bits per heavy atom. The molecule has 16 nitrogen and oxygen atoms in total. The van der Waals surface area contributed by atoms with E-state index >= 15 is 0 Å². The summed E-state index contributed by atoms with van der Waals surface area (Å²) < 4.78 is 4.74. The maximum atomic E-state index is 13.5. The summed E-state index contributed by atoms with van der Waals surface area (Å²) in [6.07, 6.45) is 8.37. The third kappa shape index (κ3) is 7.61. The van der Waals surface area contributed by atoms with Crippen molar-refractivity contribution in [3.63, 3.8) is 0 Å². The molecule has 4 aromatic heterocycles. The molecule has 18 heteroatoms. The lowest BCUT2D eigenvalue weighted by Gasteiger charge is -2.29. The summed E-state index contributed by atoms with van der Waals surface area (Å²) in [5, 5.41) is 15.7. The maximum absolute atomic E-state index is 13.5. The van der Waals surface area contributed by atoms with Crippen molar-refractivity contribution in [2.45, 2.75) is 77.5 Å². The van der Waals surface area contributed by atoms with E-state index in [0.717, 1.165) is 40.4 Å². The molecule has 2 saturated heterocycles. The molecule has 0 aliphatic carbocycles. The summed E-state index contributed by atoms with van der Waals surface area (Å²) in [6.45, 7) is 8.50. The molecule has 4 atom stereocenters. The third-order valence-electron chi connectivity index (χ3n) is 9.19. The third-order valence-corrected chi connectivity index (χ3v) is 11.4. The number of H-pyrrole nitrogens is 2. The number of nitrogens with one attached hydrogen (secondary N) is 4. The zero-order chi connectivity index (χ0) is 36.4. The first-order chi connectivity index (χ1) is 24.4. The largest absolute Gasteiger partial charge is 0.465 e. The first-order valence-corrected chi connectivity index (χ1v) is 18.6. The van der Waals surface area contributed by atoms with Gasteiger partial charge >= 0.3 is 12.2 Å². The van der Waals surface area contributed by atoms with Gasteiger partial charge in [0.25, 0.3) is 0 Å².